The molecular weight excluding hydrogens is 292 g/mol. The van der Waals surface area contributed by atoms with Crippen LogP contribution in [0.5, 0.6) is 0 Å². The van der Waals surface area contributed by atoms with Crippen LogP contribution in [0, 0.1) is 10.1 Å². The summed E-state index contributed by atoms with van der Waals surface area (Å²) in [6.07, 6.45) is -1.06. The highest BCUT2D eigenvalue weighted by Crippen LogP contribution is 2.25. The van der Waals surface area contributed by atoms with E-state index in [0.29, 0.717) is 0 Å². The Kier molecular flexibility index (Phi) is 4.83. The van der Waals surface area contributed by atoms with Crippen LogP contribution in [0.3, 0.4) is 0 Å². The Morgan fingerprint density at radius 1 is 1.45 bits per heavy atom. The molecule has 10 nitrogen and oxygen atoms in total. The van der Waals surface area contributed by atoms with Gasteiger partial charge in [-0.25, -0.2) is 17.9 Å². The maximum Gasteiger partial charge on any atom is 0.404 e. The summed E-state index contributed by atoms with van der Waals surface area (Å²) >= 11 is 0. The number of sulfonamides is 1. The number of hydrogen-bond donors (Lipinski definition) is 3. The standard InChI is InChI=1S/C9H12N4O6S/c10-6-1-2-7(13(15)16)8(5-6)20(17,18)12-3-4-19-9(11)14/h1-2,5,12H,3-4,10H2,(H2,11,14). The number of nitrogens with zero attached hydrogens (tertiary/aromatic N) is 1. The minimum atomic E-state index is -4.16. The third kappa shape index (κ3) is 4.07. The molecule has 0 aliphatic rings. The van der Waals surface area contributed by atoms with E-state index in [9.17, 15) is 23.3 Å². The molecule has 11 heteroatoms. The smallest absolute Gasteiger partial charge is 0.404 e. The van der Waals surface area contributed by atoms with Gasteiger partial charge in [0.05, 0.1) is 4.92 Å². The Labute approximate surface area is 113 Å². The molecule has 0 fully saturated rings. The zero-order valence-corrected chi connectivity index (χ0v) is 10.9. The van der Waals surface area contributed by atoms with Gasteiger partial charge in [-0.3, -0.25) is 10.1 Å². The number of carbonyl (C=O) groups is 1. The van der Waals surface area contributed by atoms with E-state index in [1.807, 2.05) is 4.72 Å². The van der Waals surface area contributed by atoms with E-state index < -0.39 is 31.6 Å². The zero-order valence-electron chi connectivity index (χ0n) is 10.1. The fraction of sp³-hybridized carbons (Fsp3) is 0.222. The van der Waals surface area contributed by atoms with Gasteiger partial charge in [0, 0.05) is 18.3 Å². The van der Waals surface area contributed by atoms with Gasteiger partial charge in [0.15, 0.2) is 4.90 Å². The van der Waals surface area contributed by atoms with Gasteiger partial charge in [-0.2, -0.15) is 0 Å². The molecule has 20 heavy (non-hydrogen) atoms. The molecule has 0 heterocycles. The summed E-state index contributed by atoms with van der Waals surface area (Å²) in [7, 11) is -4.16. The van der Waals surface area contributed by atoms with Crippen LogP contribution in [-0.4, -0.2) is 32.6 Å². The number of carbonyl (C=O) groups excluding carboxylic acids is 1. The molecule has 0 saturated carbocycles. The molecule has 1 aromatic carbocycles. The topological polar surface area (TPSA) is 168 Å². The van der Waals surface area contributed by atoms with Crippen molar-refractivity contribution in [2.75, 3.05) is 18.9 Å². The van der Waals surface area contributed by atoms with Gasteiger partial charge in [-0.1, -0.05) is 0 Å². The predicted molar refractivity (Wildman–Crippen MR) is 68.2 cm³/mol. The van der Waals surface area contributed by atoms with Crippen molar-refractivity contribution in [1.82, 2.24) is 4.72 Å². The third-order valence-electron chi connectivity index (χ3n) is 2.11. The third-order valence-corrected chi connectivity index (χ3v) is 3.60. The van der Waals surface area contributed by atoms with Gasteiger partial charge < -0.3 is 16.2 Å². The molecular formula is C9H12N4O6S. The quantitative estimate of drug-likeness (QED) is 0.277. The fourth-order valence-corrected chi connectivity index (χ4v) is 2.52. The number of ether oxygens (including phenoxy) is 1. The molecule has 1 aromatic rings. The largest absolute Gasteiger partial charge is 0.448 e. The van der Waals surface area contributed by atoms with Crippen LogP contribution in [0.1, 0.15) is 0 Å². The van der Waals surface area contributed by atoms with Crippen molar-refractivity contribution < 1.29 is 22.9 Å². The van der Waals surface area contributed by atoms with Crippen molar-refractivity contribution in [1.29, 1.82) is 0 Å². The van der Waals surface area contributed by atoms with Gasteiger partial charge in [0.2, 0.25) is 10.0 Å². The molecule has 0 aromatic heterocycles. The molecule has 0 bridgehead atoms. The number of nitrogens with one attached hydrogen (secondary N) is 1. The van der Waals surface area contributed by atoms with Crippen LogP contribution < -0.4 is 16.2 Å². The Morgan fingerprint density at radius 3 is 2.65 bits per heavy atom. The average molecular weight is 304 g/mol. The average Bonchev–Trinajstić information content (AvgIpc) is 2.34. The highest BCUT2D eigenvalue weighted by molar-refractivity contribution is 7.89. The Morgan fingerprint density at radius 2 is 2.10 bits per heavy atom. The molecule has 1 rings (SSSR count). The molecule has 0 unspecified atom stereocenters. The second kappa shape index (κ2) is 6.16. The van der Waals surface area contributed by atoms with Gasteiger partial charge in [-0.15, -0.1) is 0 Å². The summed E-state index contributed by atoms with van der Waals surface area (Å²) in [5.74, 6) is 0. The lowest BCUT2D eigenvalue weighted by Gasteiger charge is -2.08. The second-order valence-corrected chi connectivity index (χ2v) is 5.28. The van der Waals surface area contributed by atoms with Crippen molar-refractivity contribution in [2.45, 2.75) is 4.90 Å². The summed E-state index contributed by atoms with van der Waals surface area (Å²) in [4.78, 5) is 19.7. The lowest BCUT2D eigenvalue weighted by molar-refractivity contribution is -0.387. The van der Waals surface area contributed by atoms with Crippen LogP contribution in [0.2, 0.25) is 0 Å². The van der Waals surface area contributed by atoms with Crippen LogP contribution in [0.4, 0.5) is 16.2 Å². The summed E-state index contributed by atoms with van der Waals surface area (Å²) in [6, 6.07) is 3.17. The van der Waals surface area contributed by atoms with E-state index in [-0.39, 0.29) is 18.8 Å². The SMILES string of the molecule is NC(=O)OCCNS(=O)(=O)c1cc(N)ccc1[N+](=O)[O-]. The van der Waals surface area contributed by atoms with Gasteiger partial charge in [0.25, 0.3) is 5.69 Å². The van der Waals surface area contributed by atoms with E-state index in [4.69, 9.17) is 11.5 Å². The van der Waals surface area contributed by atoms with E-state index in [1.165, 1.54) is 6.07 Å². The minimum absolute atomic E-state index is 0.0596. The van der Waals surface area contributed by atoms with Crippen LogP contribution in [0.25, 0.3) is 0 Å². The molecule has 110 valence electrons. The van der Waals surface area contributed by atoms with Crippen molar-refractivity contribution in [3.8, 4) is 0 Å². The first-order valence-electron chi connectivity index (χ1n) is 5.20. The number of nitrogens with two attached hydrogens (primary N) is 2. The Hall–Kier alpha value is -2.40. The zero-order chi connectivity index (χ0) is 15.3. The van der Waals surface area contributed by atoms with E-state index in [0.717, 1.165) is 12.1 Å². The maximum absolute atomic E-state index is 11.9. The van der Waals surface area contributed by atoms with E-state index >= 15 is 0 Å². The number of amides is 1. The first kappa shape index (κ1) is 15.7. The molecule has 0 atom stereocenters. The summed E-state index contributed by atoms with van der Waals surface area (Å²) in [5.41, 5.74) is 9.56. The van der Waals surface area contributed by atoms with E-state index in [1.54, 1.807) is 0 Å². The molecule has 0 radical (unpaired) electrons. The highest BCUT2D eigenvalue weighted by Gasteiger charge is 2.25. The molecule has 0 spiro atoms. The number of nitrogen functional groups attached to an aromatic ring is 1. The first-order valence-corrected chi connectivity index (χ1v) is 6.68. The van der Waals surface area contributed by atoms with Gasteiger partial charge in [0.1, 0.15) is 6.61 Å². The van der Waals surface area contributed by atoms with Gasteiger partial charge in [-0.05, 0) is 12.1 Å². The van der Waals surface area contributed by atoms with Crippen LogP contribution in [0.15, 0.2) is 23.1 Å². The Bertz CT molecular complexity index is 629. The van der Waals surface area contributed by atoms with Crippen molar-refractivity contribution >= 4 is 27.5 Å². The molecule has 1 amide bonds. The predicted octanol–water partition coefficient (Wildman–Crippen LogP) is -0.449. The second-order valence-electron chi connectivity index (χ2n) is 3.55. The van der Waals surface area contributed by atoms with Crippen molar-refractivity contribution in [2.24, 2.45) is 5.73 Å². The van der Waals surface area contributed by atoms with Gasteiger partial charge >= 0.3 is 6.09 Å². The lowest BCUT2D eigenvalue weighted by Crippen LogP contribution is -2.29. The normalized spacial score (nSPS) is 11.0. The molecule has 0 saturated heterocycles. The number of benzene rings is 1. The van der Waals surface area contributed by atoms with Crippen LogP contribution >= 0.6 is 0 Å². The number of primary amides is 1. The lowest BCUT2D eigenvalue weighted by atomic mass is 10.3. The Balaban J connectivity index is 2.94. The number of nitro groups is 1. The van der Waals surface area contributed by atoms with Crippen molar-refractivity contribution in [3.63, 3.8) is 0 Å². The highest BCUT2D eigenvalue weighted by atomic mass is 32.2. The summed E-state index contributed by atoms with van der Waals surface area (Å²) in [6.45, 7) is -0.581. The molecule has 5 N–H and O–H groups in total. The number of hydrogen-bond acceptors (Lipinski definition) is 7. The van der Waals surface area contributed by atoms with Crippen LogP contribution in [-0.2, 0) is 14.8 Å². The summed E-state index contributed by atoms with van der Waals surface area (Å²) < 4.78 is 30.2. The summed E-state index contributed by atoms with van der Waals surface area (Å²) in [5, 5.41) is 10.8. The molecule has 0 aliphatic carbocycles. The van der Waals surface area contributed by atoms with E-state index in [2.05, 4.69) is 4.74 Å². The molecule has 0 aliphatic heterocycles. The number of nitro benzene ring substituents is 1. The minimum Gasteiger partial charge on any atom is -0.448 e. The van der Waals surface area contributed by atoms with Crippen molar-refractivity contribution in [3.05, 3.63) is 28.3 Å². The monoisotopic (exact) mass is 304 g/mol. The fourth-order valence-electron chi connectivity index (χ4n) is 1.30. The maximum atomic E-state index is 11.9. The first-order chi connectivity index (χ1) is 9.24. The number of anilines is 1. The number of rotatable bonds is 6.